The van der Waals surface area contributed by atoms with Crippen LogP contribution in [0.25, 0.3) is 11.1 Å². The Morgan fingerprint density at radius 1 is 1.04 bits per heavy atom. The van der Waals surface area contributed by atoms with Crippen LogP contribution in [0.2, 0.25) is 0 Å². The molecule has 3 aliphatic rings. The lowest BCUT2D eigenvalue weighted by Crippen LogP contribution is -2.46. The minimum absolute atomic E-state index is 0. The number of nitrogens with zero attached hydrogens (tertiary/aromatic N) is 4. The maximum atomic E-state index is 13.9. The molecule has 4 heterocycles. The number of amides is 1. The van der Waals surface area contributed by atoms with Crippen LogP contribution in [-0.2, 0) is 13.0 Å². The minimum Gasteiger partial charge on any atom is -0.448 e. The van der Waals surface area contributed by atoms with Crippen molar-refractivity contribution in [3.8, 4) is 22.6 Å². The van der Waals surface area contributed by atoms with Crippen LogP contribution in [0.3, 0.4) is 0 Å². The van der Waals surface area contributed by atoms with Crippen molar-refractivity contribution in [1.82, 2.24) is 25.1 Å². The Hall–Kier alpha value is -3.60. The number of rotatable bonds is 9. The second-order valence-corrected chi connectivity index (χ2v) is 14.1. The van der Waals surface area contributed by atoms with Gasteiger partial charge >= 0.3 is 0 Å². The monoisotopic (exact) mass is 692 g/mol. The third kappa shape index (κ3) is 7.47. The smallest absolute Gasteiger partial charge is 0.253 e. The van der Waals surface area contributed by atoms with Crippen molar-refractivity contribution in [2.24, 2.45) is 5.92 Å². The van der Waals surface area contributed by atoms with Gasteiger partial charge in [-0.05, 0) is 96.4 Å². The first-order valence-corrected chi connectivity index (χ1v) is 17.7. The number of piperazine rings is 1. The Labute approximate surface area is 297 Å². The number of H-pyrrole nitrogens is 1. The van der Waals surface area contributed by atoms with Gasteiger partial charge in [-0.2, -0.15) is 0 Å². The van der Waals surface area contributed by atoms with E-state index in [9.17, 15) is 9.59 Å². The van der Waals surface area contributed by atoms with E-state index in [1.807, 2.05) is 46.0 Å². The van der Waals surface area contributed by atoms with Crippen LogP contribution in [0.5, 0.6) is 11.5 Å². The van der Waals surface area contributed by atoms with Gasteiger partial charge in [0.15, 0.2) is 11.5 Å². The number of carbonyl (C=O) groups excluding carboxylic acids is 1. The van der Waals surface area contributed by atoms with Gasteiger partial charge in [-0.15, -0.1) is 12.4 Å². The number of likely N-dealkylation sites (N-methyl/N-ethyl adjacent to an activating group) is 1. The molecule has 49 heavy (non-hydrogen) atoms. The zero-order valence-corrected chi connectivity index (χ0v) is 31.0. The summed E-state index contributed by atoms with van der Waals surface area (Å²) < 4.78 is 13.6. The summed E-state index contributed by atoms with van der Waals surface area (Å²) in [6.07, 6.45) is 6.77. The number of hydrogen-bond acceptors (Lipinski definition) is 8. The molecular formula is C38H53ClN6O4. The maximum absolute atomic E-state index is 13.9. The second-order valence-electron chi connectivity index (χ2n) is 14.1. The number of aromatic amines is 1. The number of hydrogen-bond donors (Lipinski definition) is 2. The summed E-state index contributed by atoms with van der Waals surface area (Å²) >= 11 is 0. The highest BCUT2D eigenvalue weighted by Gasteiger charge is 2.47. The predicted molar refractivity (Wildman–Crippen MR) is 197 cm³/mol. The third-order valence-electron chi connectivity index (χ3n) is 10.9. The first kappa shape index (κ1) is 36.7. The standard InChI is InChI=1S/C38H52N6O4.ClH/c1-8-26-20-24(3)41-37(46)32(26)23-40-36(45)30-21-31(27-10-15-33(39-22-27)44-18-16-43(9-2)17-19-44)35-34(25(30)4)47-38(5,48-35)28-11-13-29(14-12-28)42(6)7;/h10,15,20-22,28-29H,8-9,11-14,16-19,23H2,1-7H3,(H,40,45)(H,41,46);1H/t28-,29-,38?;. The van der Waals surface area contributed by atoms with Gasteiger partial charge in [0.1, 0.15) is 5.82 Å². The van der Waals surface area contributed by atoms with Crippen molar-refractivity contribution in [2.45, 2.75) is 85.1 Å². The number of benzene rings is 1. The Balaban J connectivity index is 0.00000468. The van der Waals surface area contributed by atoms with Crippen LogP contribution in [-0.4, -0.2) is 84.3 Å². The summed E-state index contributed by atoms with van der Waals surface area (Å²) in [4.78, 5) is 41.6. The van der Waals surface area contributed by atoms with Crippen LogP contribution in [0.4, 0.5) is 5.82 Å². The van der Waals surface area contributed by atoms with E-state index in [1.54, 1.807) is 0 Å². The highest BCUT2D eigenvalue weighted by Crippen LogP contribution is 2.53. The molecule has 1 atom stereocenters. The topological polar surface area (TPSA) is 103 Å². The van der Waals surface area contributed by atoms with E-state index in [0.29, 0.717) is 35.1 Å². The van der Waals surface area contributed by atoms with Crippen LogP contribution in [0.1, 0.15) is 79.2 Å². The zero-order valence-electron chi connectivity index (χ0n) is 30.1. The van der Waals surface area contributed by atoms with Gasteiger partial charge in [0.25, 0.3) is 17.3 Å². The molecule has 1 aromatic carbocycles. The van der Waals surface area contributed by atoms with E-state index in [1.165, 1.54) is 0 Å². The summed E-state index contributed by atoms with van der Waals surface area (Å²) in [6, 6.07) is 8.57. The Kier molecular flexibility index (Phi) is 11.3. The number of fused-ring (bicyclic) bond motifs is 1. The van der Waals surface area contributed by atoms with Crippen LogP contribution in [0, 0.1) is 19.8 Å². The van der Waals surface area contributed by atoms with Crippen LogP contribution in [0.15, 0.2) is 35.3 Å². The quantitative estimate of drug-likeness (QED) is 0.294. The lowest BCUT2D eigenvalue weighted by Gasteiger charge is -2.39. The number of anilines is 1. The molecule has 10 nitrogen and oxygen atoms in total. The van der Waals surface area contributed by atoms with E-state index in [2.05, 4.69) is 58.2 Å². The maximum Gasteiger partial charge on any atom is 0.253 e. The first-order chi connectivity index (χ1) is 23.0. The molecule has 0 bridgehead atoms. The van der Waals surface area contributed by atoms with Crippen LogP contribution >= 0.6 is 12.4 Å². The van der Waals surface area contributed by atoms with Gasteiger partial charge in [-0.3, -0.25) is 9.59 Å². The molecule has 2 aliphatic heterocycles. The average Bonchev–Trinajstić information content (AvgIpc) is 3.47. The predicted octanol–water partition coefficient (Wildman–Crippen LogP) is 5.72. The first-order valence-electron chi connectivity index (χ1n) is 17.7. The molecular weight excluding hydrogens is 640 g/mol. The average molecular weight is 693 g/mol. The van der Waals surface area contributed by atoms with Crippen molar-refractivity contribution < 1.29 is 14.3 Å². The molecule has 3 aromatic rings. The van der Waals surface area contributed by atoms with E-state index in [4.69, 9.17) is 14.5 Å². The highest BCUT2D eigenvalue weighted by atomic mass is 35.5. The van der Waals surface area contributed by atoms with Gasteiger partial charge < -0.3 is 34.5 Å². The number of carbonyl (C=O) groups is 1. The minimum atomic E-state index is -0.842. The number of aryl methyl sites for hydroxylation is 2. The van der Waals surface area contributed by atoms with E-state index in [0.717, 1.165) is 92.2 Å². The fourth-order valence-corrected chi connectivity index (χ4v) is 7.70. The molecule has 1 saturated heterocycles. The van der Waals surface area contributed by atoms with Crippen molar-refractivity contribution in [1.29, 1.82) is 0 Å². The van der Waals surface area contributed by atoms with Gasteiger partial charge in [0.2, 0.25) is 0 Å². The molecule has 2 aromatic heterocycles. The van der Waals surface area contributed by atoms with Crippen molar-refractivity contribution in [3.63, 3.8) is 0 Å². The summed E-state index contributed by atoms with van der Waals surface area (Å²) in [6.45, 7) is 15.2. The number of ether oxygens (including phenoxy) is 2. The lowest BCUT2D eigenvalue weighted by atomic mass is 9.81. The van der Waals surface area contributed by atoms with Gasteiger partial charge in [0, 0.05) is 91.3 Å². The van der Waals surface area contributed by atoms with Crippen molar-refractivity contribution in [2.75, 3.05) is 51.7 Å². The zero-order chi connectivity index (χ0) is 34.2. The van der Waals surface area contributed by atoms with Crippen molar-refractivity contribution in [3.05, 3.63) is 68.8 Å². The molecule has 1 unspecified atom stereocenters. The molecule has 2 N–H and O–H groups in total. The number of halogens is 1. The Morgan fingerprint density at radius 2 is 1.73 bits per heavy atom. The fourth-order valence-electron chi connectivity index (χ4n) is 7.70. The molecule has 0 spiro atoms. The number of nitrogens with one attached hydrogen (secondary N) is 2. The fraction of sp³-hybridized carbons (Fsp3) is 0.553. The van der Waals surface area contributed by atoms with E-state index < -0.39 is 5.79 Å². The second kappa shape index (κ2) is 15.1. The van der Waals surface area contributed by atoms with Crippen molar-refractivity contribution >= 4 is 24.1 Å². The largest absolute Gasteiger partial charge is 0.448 e. The van der Waals surface area contributed by atoms with Gasteiger partial charge in [-0.1, -0.05) is 13.8 Å². The molecule has 1 amide bonds. The Bertz CT molecular complexity index is 1690. The normalized spacial score (nSPS) is 22.2. The molecule has 6 rings (SSSR count). The van der Waals surface area contributed by atoms with E-state index >= 15 is 0 Å². The Morgan fingerprint density at radius 3 is 2.35 bits per heavy atom. The lowest BCUT2D eigenvalue weighted by molar-refractivity contribution is -0.123. The van der Waals surface area contributed by atoms with Gasteiger partial charge in [0.05, 0.1) is 0 Å². The SMILES string of the molecule is CCc1cc(C)[nH]c(=O)c1CNC(=O)c1cc(-c2ccc(N3CCN(CC)CC3)nc2)c2c(c1C)OC(C)([C@H]1CC[C@H](N(C)C)CC1)O2.Cl. The molecule has 2 fully saturated rings. The molecule has 266 valence electrons. The molecule has 1 saturated carbocycles. The number of pyridine rings is 2. The summed E-state index contributed by atoms with van der Waals surface area (Å²) in [5, 5.41) is 3.03. The van der Waals surface area contributed by atoms with Gasteiger partial charge in [-0.25, -0.2) is 4.98 Å². The summed E-state index contributed by atoms with van der Waals surface area (Å²) in [5.74, 6) is 1.33. The molecule has 0 radical (unpaired) electrons. The summed E-state index contributed by atoms with van der Waals surface area (Å²) in [5.41, 5.74) is 5.02. The molecule has 11 heteroatoms. The summed E-state index contributed by atoms with van der Waals surface area (Å²) in [7, 11) is 4.30. The third-order valence-corrected chi connectivity index (χ3v) is 10.9. The molecule has 1 aliphatic carbocycles. The van der Waals surface area contributed by atoms with Crippen LogP contribution < -0.4 is 25.2 Å². The van der Waals surface area contributed by atoms with E-state index in [-0.39, 0.29) is 36.3 Å². The number of aromatic nitrogens is 2. The highest BCUT2D eigenvalue weighted by molar-refractivity contribution is 5.99.